The Morgan fingerprint density at radius 2 is 0.776 bits per heavy atom. The zero-order valence-corrected chi connectivity index (χ0v) is 38.3. The number of hydrogen-bond donors (Lipinski definition) is 0. The van der Waals surface area contributed by atoms with Crippen molar-refractivity contribution in [1.29, 1.82) is 0 Å². The molecule has 0 aromatic rings. The Morgan fingerprint density at radius 3 is 1.28 bits per heavy atom. The molecule has 0 aromatic heterocycles. The standard InChI is InChI=1S/C53H92O5/c1-4-7-10-13-16-18-20-22-24-25-26-27-28-30-32-34-36-39-42-45-48-56-49-51(58-53(55)47-44-41-37-15-12-9-6-3)50-57-52(54)46-43-40-38-35-33-31-29-23-21-19-17-14-11-8-5-2/h8,11,16-19,22-24,26-27,29,51H,4-7,9-10,12-15,20-21,25,28,30-50H2,1-3H3/b11-8-,18-16-,19-17-,24-22-,27-26-,29-23-. The normalized spacial score (nSPS) is 12.8. The highest BCUT2D eigenvalue weighted by Gasteiger charge is 2.17. The number of unbranched alkanes of at least 4 members (excludes halogenated alkanes) is 21. The van der Waals surface area contributed by atoms with E-state index in [2.05, 4.69) is 93.7 Å². The van der Waals surface area contributed by atoms with Gasteiger partial charge in [0.15, 0.2) is 6.10 Å². The predicted molar refractivity (Wildman–Crippen MR) is 251 cm³/mol. The SMILES string of the molecule is CC/C=C\C/C=C\C/C=C\CCCCCCCC(=O)OCC(COCCCCCCCCC/C=C\C/C=C\C/C=C\CCCCC)OC(=O)CCCCCCCCC. The van der Waals surface area contributed by atoms with Gasteiger partial charge in [-0.2, -0.15) is 0 Å². The molecule has 0 heterocycles. The quantitative estimate of drug-likeness (QED) is 0.0348. The maximum absolute atomic E-state index is 12.6. The first-order valence-corrected chi connectivity index (χ1v) is 24.5. The lowest BCUT2D eigenvalue weighted by atomic mass is 10.1. The second-order valence-electron chi connectivity index (χ2n) is 16.0. The number of esters is 2. The molecule has 1 atom stereocenters. The van der Waals surface area contributed by atoms with E-state index in [4.69, 9.17) is 14.2 Å². The molecule has 5 heteroatoms. The fourth-order valence-corrected chi connectivity index (χ4v) is 6.59. The van der Waals surface area contributed by atoms with Crippen LogP contribution in [0, 0.1) is 0 Å². The average Bonchev–Trinajstić information content (AvgIpc) is 3.22. The first kappa shape index (κ1) is 55.3. The van der Waals surface area contributed by atoms with E-state index < -0.39 is 6.10 Å². The zero-order valence-electron chi connectivity index (χ0n) is 38.3. The van der Waals surface area contributed by atoms with Gasteiger partial charge in [0.2, 0.25) is 0 Å². The molecule has 0 rings (SSSR count). The van der Waals surface area contributed by atoms with E-state index in [1.165, 1.54) is 103 Å². The van der Waals surface area contributed by atoms with Crippen LogP contribution in [0.5, 0.6) is 0 Å². The number of hydrogen-bond acceptors (Lipinski definition) is 5. The number of ether oxygens (including phenoxy) is 3. The topological polar surface area (TPSA) is 61.8 Å². The van der Waals surface area contributed by atoms with Gasteiger partial charge < -0.3 is 14.2 Å². The van der Waals surface area contributed by atoms with Gasteiger partial charge in [-0.15, -0.1) is 0 Å². The lowest BCUT2D eigenvalue weighted by Gasteiger charge is -2.18. The Hall–Kier alpha value is -2.66. The molecule has 0 aliphatic heterocycles. The average molecular weight is 809 g/mol. The summed E-state index contributed by atoms with van der Waals surface area (Å²) < 4.78 is 17.3. The van der Waals surface area contributed by atoms with E-state index >= 15 is 0 Å². The Morgan fingerprint density at radius 1 is 0.397 bits per heavy atom. The molecule has 5 nitrogen and oxygen atoms in total. The van der Waals surface area contributed by atoms with Crippen LogP contribution in [0.15, 0.2) is 72.9 Å². The van der Waals surface area contributed by atoms with Crippen LogP contribution in [0.25, 0.3) is 0 Å². The third-order valence-electron chi connectivity index (χ3n) is 10.2. The van der Waals surface area contributed by atoms with Gasteiger partial charge >= 0.3 is 11.9 Å². The summed E-state index contributed by atoms with van der Waals surface area (Å²) in [5.41, 5.74) is 0. The second-order valence-corrected chi connectivity index (χ2v) is 16.0. The van der Waals surface area contributed by atoms with Crippen LogP contribution in [-0.4, -0.2) is 37.9 Å². The van der Waals surface area contributed by atoms with E-state index in [0.29, 0.717) is 19.4 Å². The third-order valence-corrected chi connectivity index (χ3v) is 10.2. The van der Waals surface area contributed by atoms with Gasteiger partial charge in [-0.25, -0.2) is 0 Å². The Kier molecular flexibility index (Phi) is 46.5. The molecule has 0 saturated carbocycles. The highest BCUT2D eigenvalue weighted by Crippen LogP contribution is 2.13. The van der Waals surface area contributed by atoms with Crippen LogP contribution in [0.1, 0.15) is 226 Å². The Bertz CT molecular complexity index is 1050. The molecule has 0 fully saturated rings. The van der Waals surface area contributed by atoms with E-state index in [1.807, 2.05) is 0 Å². The van der Waals surface area contributed by atoms with Crippen LogP contribution in [0.3, 0.4) is 0 Å². The molecule has 1 unspecified atom stereocenters. The Labute approximate surface area is 359 Å². The van der Waals surface area contributed by atoms with Crippen molar-refractivity contribution in [1.82, 2.24) is 0 Å². The van der Waals surface area contributed by atoms with Crippen LogP contribution in [0.4, 0.5) is 0 Å². The molecule has 0 aromatic carbocycles. The minimum Gasteiger partial charge on any atom is -0.462 e. The molecule has 0 amide bonds. The second kappa shape index (κ2) is 48.7. The number of carbonyl (C=O) groups is 2. The molecule has 0 aliphatic carbocycles. The highest BCUT2D eigenvalue weighted by atomic mass is 16.6. The summed E-state index contributed by atoms with van der Waals surface area (Å²) >= 11 is 0. The van der Waals surface area contributed by atoms with Gasteiger partial charge in [0.1, 0.15) is 6.61 Å². The van der Waals surface area contributed by atoms with Crippen molar-refractivity contribution >= 4 is 11.9 Å². The maximum atomic E-state index is 12.6. The summed E-state index contributed by atoms with van der Waals surface area (Å²) in [6.07, 6.45) is 62.0. The Balaban J connectivity index is 4.17. The smallest absolute Gasteiger partial charge is 0.306 e. The third kappa shape index (κ3) is 46.0. The number of allylic oxidation sites excluding steroid dienone is 12. The summed E-state index contributed by atoms with van der Waals surface area (Å²) in [5, 5.41) is 0. The predicted octanol–water partition coefficient (Wildman–Crippen LogP) is 16.3. The number of rotatable bonds is 44. The molecule has 0 radical (unpaired) electrons. The van der Waals surface area contributed by atoms with Gasteiger partial charge in [-0.05, 0) is 89.9 Å². The number of carbonyl (C=O) groups excluding carboxylic acids is 2. The molecule has 334 valence electrons. The van der Waals surface area contributed by atoms with E-state index in [-0.39, 0.29) is 25.2 Å². The molecule has 58 heavy (non-hydrogen) atoms. The van der Waals surface area contributed by atoms with Crippen LogP contribution >= 0.6 is 0 Å². The van der Waals surface area contributed by atoms with Crippen LogP contribution in [-0.2, 0) is 23.8 Å². The van der Waals surface area contributed by atoms with E-state index in [9.17, 15) is 9.59 Å². The lowest BCUT2D eigenvalue weighted by Crippen LogP contribution is -2.30. The van der Waals surface area contributed by atoms with Crippen molar-refractivity contribution in [2.75, 3.05) is 19.8 Å². The van der Waals surface area contributed by atoms with Crippen LogP contribution in [0.2, 0.25) is 0 Å². The van der Waals surface area contributed by atoms with Crippen LogP contribution < -0.4 is 0 Å². The van der Waals surface area contributed by atoms with Crippen molar-refractivity contribution in [2.45, 2.75) is 232 Å². The zero-order chi connectivity index (χ0) is 42.1. The van der Waals surface area contributed by atoms with E-state index in [1.54, 1.807) is 0 Å². The van der Waals surface area contributed by atoms with Gasteiger partial charge in [-0.1, -0.05) is 196 Å². The summed E-state index contributed by atoms with van der Waals surface area (Å²) in [4.78, 5) is 25.2. The molecule has 0 N–H and O–H groups in total. The largest absolute Gasteiger partial charge is 0.462 e. The first-order chi connectivity index (χ1) is 28.6. The van der Waals surface area contributed by atoms with Crippen molar-refractivity contribution < 1.29 is 23.8 Å². The lowest BCUT2D eigenvalue weighted by molar-refractivity contribution is -0.163. The van der Waals surface area contributed by atoms with Crippen molar-refractivity contribution in [3.63, 3.8) is 0 Å². The molecule has 0 spiro atoms. The van der Waals surface area contributed by atoms with Gasteiger partial charge in [0, 0.05) is 19.4 Å². The minimum atomic E-state index is -0.547. The summed E-state index contributed by atoms with van der Waals surface area (Å²) in [6, 6.07) is 0. The molecule has 0 aliphatic rings. The fraction of sp³-hybridized carbons (Fsp3) is 0.736. The summed E-state index contributed by atoms with van der Waals surface area (Å²) in [5.74, 6) is -0.428. The summed E-state index contributed by atoms with van der Waals surface area (Å²) in [6.45, 7) is 7.62. The summed E-state index contributed by atoms with van der Waals surface area (Å²) in [7, 11) is 0. The maximum Gasteiger partial charge on any atom is 0.306 e. The molecule has 0 bridgehead atoms. The highest BCUT2D eigenvalue weighted by molar-refractivity contribution is 5.70. The van der Waals surface area contributed by atoms with Crippen molar-refractivity contribution in [2.24, 2.45) is 0 Å². The minimum absolute atomic E-state index is 0.0707. The van der Waals surface area contributed by atoms with Crippen molar-refractivity contribution in [3.8, 4) is 0 Å². The van der Waals surface area contributed by atoms with Gasteiger partial charge in [0.05, 0.1) is 6.61 Å². The van der Waals surface area contributed by atoms with Crippen molar-refractivity contribution in [3.05, 3.63) is 72.9 Å². The monoisotopic (exact) mass is 809 g/mol. The molecular weight excluding hydrogens is 717 g/mol. The molecule has 0 saturated heterocycles. The fourth-order valence-electron chi connectivity index (χ4n) is 6.59. The first-order valence-electron chi connectivity index (χ1n) is 24.5. The molecular formula is C53H92O5. The van der Waals surface area contributed by atoms with E-state index in [0.717, 1.165) is 89.9 Å². The van der Waals surface area contributed by atoms with Gasteiger partial charge in [0.25, 0.3) is 0 Å². The van der Waals surface area contributed by atoms with Gasteiger partial charge in [-0.3, -0.25) is 9.59 Å².